The van der Waals surface area contributed by atoms with Crippen molar-refractivity contribution in [1.82, 2.24) is 4.90 Å². The predicted octanol–water partition coefficient (Wildman–Crippen LogP) is 3.11. The van der Waals surface area contributed by atoms with E-state index in [9.17, 15) is 9.59 Å². The Morgan fingerprint density at radius 1 is 1.44 bits per heavy atom. The molecule has 0 radical (unpaired) electrons. The van der Waals surface area contributed by atoms with Crippen molar-refractivity contribution in [1.29, 1.82) is 5.26 Å². The number of rotatable bonds is 6. The predicted molar refractivity (Wildman–Crippen MR) is 97.8 cm³/mol. The highest BCUT2D eigenvalue weighted by atomic mass is 32.1. The molecule has 1 aliphatic rings. The van der Waals surface area contributed by atoms with Gasteiger partial charge in [-0.1, -0.05) is 0 Å². The molecule has 0 bridgehead atoms. The maximum absolute atomic E-state index is 12.7. The standard InChI is InChI=1S/C18H25N3O3S/c1-4-24-18(23)15-12(2)13(3)25-17(15)20-16(22)14-7-5-9-21(11-14)10-6-8-19/h14H,4-7,9-11H2,1-3H3,(H,20,22). The van der Waals surface area contributed by atoms with Gasteiger partial charge in [0, 0.05) is 24.4 Å². The van der Waals surface area contributed by atoms with E-state index >= 15 is 0 Å². The highest BCUT2D eigenvalue weighted by Gasteiger charge is 2.28. The highest BCUT2D eigenvalue weighted by molar-refractivity contribution is 7.16. The van der Waals surface area contributed by atoms with E-state index in [1.165, 1.54) is 11.3 Å². The van der Waals surface area contributed by atoms with Gasteiger partial charge in [-0.2, -0.15) is 5.26 Å². The number of nitrogens with one attached hydrogen (secondary N) is 1. The fraction of sp³-hybridized carbons (Fsp3) is 0.611. The van der Waals surface area contributed by atoms with Crippen LogP contribution in [-0.2, 0) is 9.53 Å². The van der Waals surface area contributed by atoms with Crippen molar-refractivity contribution in [3.05, 3.63) is 16.0 Å². The Morgan fingerprint density at radius 2 is 2.20 bits per heavy atom. The van der Waals surface area contributed by atoms with E-state index in [0.717, 1.165) is 29.8 Å². The van der Waals surface area contributed by atoms with Crippen molar-refractivity contribution in [3.8, 4) is 6.07 Å². The van der Waals surface area contributed by atoms with Crippen LogP contribution in [-0.4, -0.2) is 43.0 Å². The molecule has 0 aromatic carbocycles. The molecule has 1 amide bonds. The van der Waals surface area contributed by atoms with E-state index in [-0.39, 0.29) is 17.8 Å². The minimum atomic E-state index is -0.390. The van der Waals surface area contributed by atoms with Gasteiger partial charge >= 0.3 is 5.97 Å². The Morgan fingerprint density at radius 3 is 2.88 bits per heavy atom. The van der Waals surface area contributed by atoms with Crippen molar-refractivity contribution < 1.29 is 14.3 Å². The van der Waals surface area contributed by atoms with E-state index in [2.05, 4.69) is 16.3 Å². The molecular formula is C18H25N3O3S. The summed E-state index contributed by atoms with van der Waals surface area (Å²) in [7, 11) is 0. The normalized spacial score (nSPS) is 17.8. The third-order valence-electron chi connectivity index (χ3n) is 4.52. The van der Waals surface area contributed by atoms with Crippen molar-refractivity contribution in [2.45, 2.75) is 40.0 Å². The zero-order valence-corrected chi connectivity index (χ0v) is 15.9. The second-order valence-electron chi connectivity index (χ2n) is 6.24. The summed E-state index contributed by atoms with van der Waals surface area (Å²) in [5.74, 6) is -0.572. The Hall–Kier alpha value is -1.91. The van der Waals surface area contributed by atoms with Gasteiger partial charge < -0.3 is 15.0 Å². The van der Waals surface area contributed by atoms with Crippen LogP contribution in [0.1, 0.15) is 47.0 Å². The van der Waals surface area contributed by atoms with E-state index in [0.29, 0.717) is 36.7 Å². The number of nitriles is 1. The first kappa shape index (κ1) is 19.4. The lowest BCUT2D eigenvalue weighted by Crippen LogP contribution is -2.41. The number of ether oxygens (including phenoxy) is 1. The smallest absolute Gasteiger partial charge is 0.341 e. The first-order valence-corrected chi connectivity index (χ1v) is 9.46. The molecule has 7 heteroatoms. The van der Waals surface area contributed by atoms with Gasteiger partial charge in [0.1, 0.15) is 5.00 Å². The minimum absolute atomic E-state index is 0.0616. The van der Waals surface area contributed by atoms with Crippen LogP contribution in [0, 0.1) is 31.1 Å². The van der Waals surface area contributed by atoms with Crippen molar-refractivity contribution >= 4 is 28.2 Å². The van der Waals surface area contributed by atoms with Gasteiger partial charge in [-0.15, -0.1) is 11.3 Å². The monoisotopic (exact) mass is 363 g/mol. The molecule has 1 aromatic heterocycles. The number of anilines is 1. The van der Waals surface area contributed by atoms with Crippen LogP contribution in [0.25, 0.3) is 0 Å². The minimum Gasteiger partial charge on any atom is -0.462 e. The summed E-state index contributed by atoms with van der Waals surface area (Å²) in [4.78, 5) is 28.1. The Labute approximate surface area is 152 Å². The number of amides is 1. The van der Waals surface area contributed by atoms with Gasteiger partial charge in [0.05, 0.1) is 24.2 Å². The number of nitrogens with zero attached hydrogens (tertiary/aromatic N) is 2. The number of thiophene rings is 1. The van der Waals surface area contributed by atoms with Gasteiger partial charge in [0.15, 0.2) is 0 Å². The highest BCUT2D eigenvalue weighted by Crippen LogP contribution is 2.33. The second kappa shape index (κ2) is 8.97. The average molecular weight is 363 g/mol. The van der Waals surface area contributed by atoms with Gasteiger partial charge in [-0.05, 0) is 45.7 Å². The Bertz CT molecular complexity index is 678. The Balaban J connectivity index is 2.09. The van der Waals surface area contributed by atoms with Gasteiger partial charge in [-0.3, -0.25) is 4.79 Å². The zero-order valence-electron chi connectivity index (χ0n) is 15.1. The summed E-state index contributed by atoms with van der Waals surface area (Å²) in [6.45, 7) is 8.16. The van der Waals surface area contributed by atoms with Crippen LogP contribution in [0.2, 0.25) is 0 Å². The lowest BCUT2D eigenvalue weighted by atomic mass is 9.97. The van der Waals surface area contributed by atoms with E-state index < -0.39 is 0 Å². The summed E-state index contributed by atoms with van der Waals surface area (Å²) in [6, 6.07) is 2.15. The molecule has 1 aromatic rings. The number of esters is 1. The maximum atomic E-state index is 12.7. The number of hydrogen-bond acceptors (Lipinski definition) is 6. The summed E-state index contributed by atoms with van der Waals surface area (Å²) in [6.07, 6.45) is 2.24. The van der Waals surface area contributed by atoms with Crippen LogP contribution >= 0.6 is 11.3 Å². The molecule has 0 spiro atoms. The van der Waals surface area contributed by atoms with E-state index in [4.69, 9.17) is 10.00 Å². The molecule has 0 saturated carbocycles. The first-order valence-electron chi connectivity index (χ1n) is 8.65. The maximum Gasteiger partial charge on any atom is 0.341 e. The van der Waals surface area contributed by atoms with Crippen LogP contribution < -0.4 is 5.32 Å². The van der Waals surface area contributed by atoms with Crippen molar-refractivity contribution in [2.75, 3.05) is 31.6 Å². The lowest BCUT2D eigenvalue weighted by molar-refractivity contribution is -0.121. The van der Waals surface area contributed by atoms with Gasteiger partial charge in [0.25, 0.3) is 0 Å². The molecule has 2 heterocycles. The SMILES string of the molecule is CCOC(=O)c1c(NC(=O)C2CCCN(CCC#N)C2)sc(C)c1C. The van der Waals surface area contributed by atoms with Crippen LogP contribution in [0.4, 0.5) is 5.00 Å². The summed E-state index contributed by atoms with van der Waals surface area (Å²) in [5, 5.41) is 12.2. The summed E-state index contributed by atoms with van der Waals surface area (Å²) >= 11 is 1.41. The first-order chi connectivity index (χ1) is 12.0. The number of hydrogen-bond donors (Lipinski definition) is 1. The molecule has 1 aliphatic heterocycles. The molecule has 1 atom stereocenters. The molecular weight excluding hydrogens is 338 g/mol. The molecule has 1 saturated heterocycles. The van der Waals surface area contributed by atoms with E-state index in [1.807, 2.05) is 13.8 Å². The van der Waals surface area contributed by atoms with Crippen LogP contribution in [0.5, 0.6) is 0 Å². The number of carbonyl (C=O) groups is 2. The number of likely N-dealkylation sites (tertiary alicyclic amines) is 1. The van der Waals surface area contributed by atoms with Crippen LogP contribution in [0.15, 0.2) is 0 Å². The van der Waals surface area contributed by atoms with Gasteiger partial charge in [-0.25, -0.2) is 4.79 Å². The Kier molecular flexibility index (Phi) is 6.97. The zero-order chi connectivity index (χ0) is 18.4. The number of carbonyl (C=O) groups excluding carboxylic acids is 2. The topological polar surface area (TPSA) is 82.4 Å². The molecule has 1 fully saturated rings. The third-order valence-corrected chi connectivity index (χ3v) is 5.64. The fourth-order valence-corrected chi connectivity index (χ4v) is 4.11. The third kappa shape index (κ3) is 4.80. The molecule has 25 heavy (non-hydrogen) atoms. The van der Waals surface area contributed by atoms with Crippen molar-refractivity contribution in [3.63, 3.8) is 0 Å². The second-order valence-corrected chi connectivity index (χ2v) is 7.47. The quantitative estimate of drug-likeness (QED) is 0.785. The van der Waals surface area contributed by atoms with Crippen LogP contribution in [0.3, 0.4) is 0 Å². The molecule has 136 valence electrons. The summed E-state index contributed by atoms with van der Waals surface area (Å²) in [5.41, 5.74) is 1.33. The molecule has 6 nitrogen and oxygen atoms in total. The fourth-order valence-electron chi connectivity index (χ4n) is 3.06. The van der Waals surface area contributed by atoms with E-state index in [1.54, 1.807) is 6.92 Å². The molecule has 0 aliphatic carbocycles. The van der Waals surface area contributed by atoms with Gasteiger partial charge in [0.2, 0.25) is 5.91 Å². The number of aryl methyl sites for hydroxylation is 1. The average Bonchev–Trinajstić information content (AvgIpc) is 2.87. The molecule has 2 rings (SSSR count). The van der Waals surface area contributed by atoms with Crippen molar-refractivity contribution in [2.24, 2.45) is 5.92 Å². The largest absolute Gasteiger partial charge is 0.462 e. The lowest BCUT2D eigenvalue weighted by Gasteiger charge is -2.31. The number of piperidine rings is 1. The summed E-state index contributed by atoms with van der Waals surface area (Å²) < 4.78 is 5.13. The molecule has 1 N–H and O–H groups in total. The molecule has 1 unspecified atom stereocenters.